The third-order valence-electron chi connectivity index (χ3n) is 4.77. The van der Waals surface area contributed by atoms with E-state index in [1.165, 1.54) is 5.56 Å². The predicted octanol–water partition coefficient (Wildman–Crippen LogP) is 4.81. The van der Waals surface area contributed by atoms with Crippen LogP contribution in [0.4, 0.5) is 5.69 Å². The summed E-state index contributed by atoms with van der Waals surface area (Å²) in [6.07, 6.45) is 0. The van der Waals surface area contributed by atoms with Crippen molar-refractivity contribution in [2.24, 2.45) is 0 Å². The maximum absolute atomic E-state index is 12.6. The van der Waals surface area contributed by atoms with Gasteiger partial charge in [-0.15, -0.1) is 5.10 Å². The molecule has 0 saturated heterocycles. The number of hydrogen-bond acceptors (Lipinski definition) is 5. The van der Waals surface area contributed by atoms with Gasteiger partial charge in [-0.25, -0.2) is 9.67 Å². The Kier molecular flexibility index (Phi) is 5.37. The molecule has 2 heterocycles. The summed E-state index contributed by atoms with van der Waals surface area (Å²) in [5, 5.41) is 11.5. The van der Waals surface area contributed by atoms with Crippen molar-refractivity contribution in [3.63, 3.8) is 0 Å². The van der Waals surface area contributed by atoms with Gasteiger partial charge in [-0.2, -0.15) is 0 Å². The molecule has 30 heavy (non-hydrogen) atoms. The second-order valence-electron chi connectivity index (χ2n) is 7.03. The highest BCUT2D eigenvalue weighted by Gasteiger charge is 2.19. The van der Waals surface area contributed by atoms with Crippen LogP contribution in [-0.2, 0) is 6.54 Å². The minimum absolute atomic E-state index is 0.245. The molecule has 1 amide bonds. The van der Waals surface area contributed by atoms with Crippen LogP contribution < -0.4 is 5.32 Å². The Labute approximate surface area is 178 Å². The minimum Gasteiger partial charge on any atom is -0.441 e. The van der Waals surface area contributed by atoms with E-state index in [1.807, 2.05) is 38.1 Å². The topological polar surface area (TPSA) is 85.8 Å². The van der Waals surface area contributed by atoms with Gasteiger partial charge in [0.15, 0.2) is 5.69 Å². The van der Waals surface area contributed by atoms with E-state index in [-0.39, 0.29) is 11.6 Å². The van der Waals surface area contributed by atoms with Crippen molar-refractivity contribution in [3.8, 4) is 11.5 Å². The normalized spacial score (nSPS) is 10.9. The smallest absolute Gasteiger partial charge is 0.278 e. The van der Waals surface area contributed by atoms with Crippen molar-refractivity contribution in [3.05, 3.63) is 82.0 Å². The lowest BCUT2D eigenvalue weighted by Crippen LogP contribution is -2.14. The molecule has 2 aromatic carbocycles. The first-order valence-electron chi connectivity index (χ1n) is 9.41. The van der Waals surface area contributed by atoms with Gasteiger partial charge in [-0.1, -0.05) is 40.6 Å². The van der Waals surface area contributed by atoms with Crippen molar-refractivity contribution in [2.75, 3.05) is 5.32 Å². The molecule has 0 aliphatic rings. The number of benzene rings is 2. The average molecular weight is 422 g/mol. The van der Waals surface area contributed by atoms with Crippen LogP contribution in [0.5, 0.6) is 0 Å². The van der Waals surface area contributed by atoms with Crippen LogP contribution in [-0.4, -0.2) is 25.9 Å². The van der Waals surface area contributed by atoms with Crippen LogP contribution in [0, 0.1) is 20.8 Å². The number of aryl methyl sites for hydroxylation is 2. The molecule has 1 N–H and O–H groups in total. The lowest BCUT2D eigenvalue weighted by molar-refractivity contribution is 0.102. The lowest BCUT2D eigenvalue weighted by Gasteiger charge is -2.05. The van der Waals surface area contributed by atoms with Gasteiger partial charge in [0, 0.05) is 16.3 Å². The molecule has 0 radical (unpaired) electrons. The Hall–Kier alpha value is -3.45. The number of carbonyl (C=O) groups is 1. The molecule has 0 aliphatic carbocycles. The van der Waals surface area contributed by atoms with E-state index in [1.54, 1.807) is 35.9 Å². The second kappa shape index (κ2) is 8.12. The fraction of sp³-hybridized carbons (Fsp3) is 0.182. The monoisotopic (exact) mass is 421 g/mol. The van der Waals surface area contributed by atoms with Gasteiger partial charge in [0.25, 0.3) is 5.91 Å². The SMILES string of the molecule is Cc1ccc(-c2nc(Cn3nnc(C(=O)Nc4cccc(Cl)c4)c3C)c(C)o2)cc1. The van der Waals surface area contributed by atoms with E-state index in [9.17, 15) is 4.79 Å². The zero-order valence-corrected chi connectivity index (χ0v) is 17.6. The maximum atomic E-state index is 12.6. The fourth-order valence-corrected chi connectivity index (χ4v) is 3.20. The summed E-state index contributed by atoms with van der Waals surface area (Å²) in [6, 6.07) is 14.9. The Balaban J connectivity index is 1.53. The molecule has 4 rings (SSSR count). The molecule has 0 unspecified atom stereocenters. The third-order valence-corrected chi connectivity index (χ3v) is 5.01. The average Bonchev–Trinajstić information content (AvgIpc) is 3.26. The van der Waals surface area contributed by atoms with Crippen LogP contribution in [0.15, 0.2) is 52.9 Å². The first-order valence-corrected chi connectivity index (χ1v) is 9.79. The van der Waals surface area contributed by atoms with E-state index < -0.39 is 0 Å². The zero-order valence-electron chi connectivity index (χ0n) is 16.8. The minimum atomic E-state index is -0.349. The van der Waals surface area contributed by atoms with E-state index in [0.29, 0.717) is 34.6 Å². The van der Waals surface area contributed by atoms with Gasteiger partial charge in [0.1, 0.15) is 11.5 Å². The standard InChI is InChI=1S/C22H20ClN5O2/c1-13-7-9-16(10-8-13)22-25-19(15(3)30-22)12-28-14(2)20(26-27-28)21(29)24-18-6-4-5-17(23)11-18/h4-11H,12H2,1-3H3,(H,24,29). The quantitative estimate of drug-likeness (QED) is 0.499. The number of nitrogens with one attached hydrogen (secondary N) is 1. The van der Waals surface area contributed by atoms with Gasteiger partial charge < -0.3 is 9.73 Å². The zero-order chi connectivity index (χ0) is 21.3. The van der Waals surface area contributed by atoms with Crippen molar-refractivity contribution >= 4 is 23.2 Å². The summed E-state index contributed by atoms with van der Waals surface area (Å²) in [4.78, 5) is 17.2. The predicted molar refractivity (Wildman–Crippen MR) is 115 cm³/mol. The number of hydrogen-bond donors (Lipinski definition) is 1. The molecular weight excluding hydrogens is 402 g/mol. The molecule has 152 valence electrons. The molecule has 7 nitrogen and oxygen atoms in total. The van der Waals surface area contributed by atoms with Gasteiger partial charge in [-0.3, -0.25) is 4.79 Å². The first kappa shape index (κ1) is 19.8. The van der Waals surface area contributed by atoms with Crippen LogP contribution in [0.3, 0.4) is 0 Å². The molecule has 0 aliphatic heterocycles. The van der Waals surface area contributed by atoms with Gasteiger partial charge in [0.2, 0.25) is 5.89 Å². The number of anilines is 1. The number of halogens is 1. The van der Waals surface area contributed by atoms with Crippen molar-refractivity contribution in [1.82, 2.24) is 20.0 Å². The number of oxazole rings is 1. The number of nitrogens with zero attached hydrogens (tertiary/aromatic N) is 4. The van der Waals surface area contributed by atoms with Crippen molar-refractivity contribution < 1.29 is 9.21 Å². The molecular formula is C22H20ClN5O2. The second-order valence-corrected chi connectivity index (χ2v) is 7.47. The molecule has 4 aromatic rings. The highest BCUT2D eigenvalue weighted by Crippen LogP contribution is 2.23. The Morgan fingerprint density at radius 3 is 2.63 bits per heavy atom. The summed E-state index contributed by atoms with van der Waals surface area (Å²) in [5.74, 6) is 0.905. The van der Waals surface area contributed by atoms with Gasteiger partial charge in [-0.05, 0) is 51.1 Å². The van der Waals surface area contributed by atoms with Crippen LogP contribution in [0.25, 0.3) is 11.5 Å². The summed E-state index contributed by atoms with van der Waals surface area (Å²) in [5.41, 5.74) is 4.29. The number of amides is 1. The number of rotatable bonds is 5. The summed E-state index contributed by atoms with van der Waals surface area (Å²) >= 11 is 5.97. The Morgan fingerprint density at radius 2 is 1.90 bits per heavy atom. The van der Waals surface area contributed by atoms with Gasteiger partial charge in [0.05, 0.1) is 12.2 Å². The van der Waals surface area contributed by atoms with Gasteiger partial charge >= 0.3 is 0 Å². The van der Waals surface area contributed by atoms with Crippen molar-refractivity contribution in [1.29, 1.82) is 0 Å². The summed E-state index contributed by atoms with van der Waals surface area (Å²) < 4.78 is 7.47. The molecule has 0 saturated carbocycles. The van der Waals surface area contributed by atoms with Crippen molar-refractivity contribution in [2.45, 2.75) is 27.3 Å². The molecule has 0 bridgehead atoms. The molecule has 0 atom stereocenters. The van der Waals surface area contributed by atoms with E-state index >= 15 is 0 Å². The lowest BCUT2D eigenvalue weighted by atomic mass is 10.1. The molecule has 2 aromatic heterocycles. The first-order chi connectivity index (χ1) is 14.4. The third kappa shape index (κ3) is 4.11. The molecule has 0 fully saturated rings. The fourth-order valence-electron chi connectivity index (χ4n) is 3.01. The van der Waals surface area contributed by atoms with Crippen LogP contribution >= 0.6 is 11.6 Å². The molecule has 8 heteroatoms. The highest BCUT2D eigenvalue weighted by atomic mass is 35.5. The van der Waals surface area contributed by atoms with E-state index in [2.05, 4.69) is 20.6 Å². The number of carbonyl (C=O) groups excluding carboxylic acids is 1. The summed E-state index contributed by atoms with van der Waals surface area (Å²) in [7, 11) is 0. The number of aromatic nitrogens is 4. The Bertz CT molecular complexity index is 1210. The van der Waals surface area contributed by atoms with Crippen LogP contribution in [0.2, 0.25) is 5.02 Å². The highest BCUT2D eigenvalue weighted by molar-refractivity contribution is 6.30. The Morgan fingerprint density at radius 1 is 1.13 bits per heavy atom. The molecule has 0 spiro atoms. The maximum Gasteiger partial charge on any atom is 0.278 e. The van der Waals surface area contributed by atoms with E-state index in [4.69, 9.17) is 16.0 Å². The summed E-state index contributed by atoms with van der Waals surface area (Å²) in [6.45, 7) is 6.04. The van der Waals surface area contributed by atoms with Crippen LogP contribution in [0.1, 0.15) is 33.2 Å². The van der Waals surface area contributed by atoms with E-state index in [0.717, 1.165) is 11.3 Å². The largest absolute Gasteiger partial charge is 0.441 e.